The number of methoxy groups -OCH3 is 1. The number of ether oxygens (including phenoxy) is 1. The second kappa shape index (κ2) is 5.03. The van der Waals surface area contributed by atoms with Crippen LogP contribution in [0.1, 0.15) is 0 Å². The molecule has 3 aromatic rings. The summed E-state index contributed by atoms with van der Waals surface area (Å²) in [5.41, 5.74) is 0.930. The summed E-state index contributed by atoms with van der Waals surface area (Å²) in [6, 6.07) is 8.20. The highest BCUT2D eigenvalue weighted by molar-refractivity contribution is 7.17. The van der Waals surface area contributed by atoms with Crippen LogP contribution in [0.3, 0.4) is 0 Å². The molecule has 0 radical (unpaired) electrons. The monoisotopic (exact) mass is 291 g/mol. The molecular formula is C13H10ClN3OS. The first-order chi connectivity index (χ1) is 9.28. The average molecular weight is 292 g/mol. The Labute approximate surface area is 119 Å². The van der Waals surface area contributed by atoms with Crippen molar-refractivity contribution >= 4 is 44.5 Å². The number of hydrogen-bond donors (Lipinski definition) is 1. The molecule has 4 nitrogen and oxygen atoms in total. The van der Waals surface area contributed by atoms with Gasteiger partial charge >= 0.3 is 0 Å². The van der Waals surface area contributed by atoms with Gasteiger partial charge in [0.2, 0.25) is 0 Å². The molecule has 0 aliphatic heterocycles. The predicted molar refractivity (Wildman–Crippen MR) is 78.7 cm³/mol. The number of nitrogens with zero attached hydrogens (tertiary/aromatic N) is 2. The molecule has 0 aliphatic carbocycles. The summed E-state index contributed by atoms with van der Waals surface area (Å²) in [5, 5.41) is 6.73. The van der Waals surface area contributed by atoms with Crippen molar-refractivity contribution in [2.24, 2.45) is 0 Å². The maximum absolute atomic E-state index is 5.96. The third kappa shape index (κ3) is 2.34. The Kier molecular flexibility index (Phi) is 3.23. The molecule has 96 valence electrons. The number of rotatable bonds is 3. The first-order valence-electron chi connectivity index (χ1n) is 5.56. The van der Waals surface area contributed by atoms with Crippen molar-refractivity contribution < 1.29 is 4.74 Å². The molecule has 0 bridgehead atoms. The Balaban J connectivity index is 1.98. The van der Waals surface area contributed by atoms with Gasteiger partial charge in [0, 0.05) is 10.4 Å². The van der Waals surface area contributed by atoms with E-state index in [0.717, 1.165) is 5.69 Å². The van der Waals surface area contributed by atoms with Crippen LogP contribution in [0, 0.1) is 0 Å². The lowest BCUT2D eigenvalue weighted by Gasteiger charge is -2.10. The molecule has 0 fully saturated rings. The molecule has 0 aliphatic rings. The van der Waals surface area contributed by atoms with Crippen LogP contribution in [0.15, 0.2) is 36.0 Å². The smallest absolute Gasteiger partial charge is 0.199 e. The van der Waals surface area contributed by atoms with Gasteiger partial charge in [0.25, 0.3) is 0 Å². The Hall–Kier alpha value is -1.85. The van der Waals surface area contributed by atoms with E-state index in [0.29, 0.717) is 11.6 Å². The number of anilines is 2. The SMILES string of the molecule is COc1c(Cl)ncnc1Nc1ccc2sccc2c1. The highest BCUT2D eigenvalue weighted by Crippen LogP contribution is 2.32. The zero-order valence-electron chi connectivity index (χ0n) is 10.1. The van der Waals surface area contributed by atoms with Crippen LogP contribution in [0.25, 0.3) is 10.1 Å². The third-order valence-corrected chi connectivity index (χ3v) is 3.85. The van der Waals surface area contributed by atoms with Gasteiger partial charge in [0.15, 0.2) is 16.7 Å². The lowest BCUT2D eigenvalue weighted by molar-refractivity contribution is 0.413. The summed E-state index contributed by atoms with van der Waals surface area (Å²) in [4.78, 5) is 8.03. The molecule has 0 unspecified atom stereocenters. The fourth-order valence-electron chi connectivity index (χ4n) is 1.80. The number of fused-ring (bicyclic) bond motifs is 1. The van der Waals surface area contributed by atoms with Crippen molar-refractivity contribution in [3.63, 3.8) is 0 Å². The highest BCUT2D eigenvalue weighted by Gasteiger charge is 2.10. The number of halogens is 1. The molecule has 1 N–H and O–H groups in total. The highest BCUT2D eigenvalue weighted by atomic mass is 35.5. The first kappa shape index (κ1) is 12.2. The summed E-state index contributed by atoms with van der Waals surface area (Å²) in [5.74, 6) is 0.992. The zero-order valence-corrected chi connectivity index (χ0v) is 11.6. The maximum Gasteiger partial charge on any atom is 0.199 e. The van der Waals surface area contributed by atoms with E-state index in [2.05, 4.69) is 38.9 Å². The van der Waals surface area contributed by atoms with E-state index in [-0.39, 0.29) is 5.15 Å². The van der Waals surface area contributed by atoms with Crippen LogP contribution in [0.2, 0.25) is 5.15 Å². The van der Waals surface area contributed by atoms with E-state index in [1.165, 1.54) is 23.5 Å². The topological polar surface area (TPSA) is 47.0 Å². The van der Waals surface area contributed by atoms with E-state index in [1.54, 1.807) is 11.3 Å². The number of thiophene rings is 1. The molecule has 0 spiro atoms. The van der Waals surface area contributed by atoms with E-state index in [4.69, 9.17) is 16.3 Å². The molecule has 19 heavy (non-hydrogen) atoms. The summed E-state index contributed by atoms with van der Waals surface area (Å²) in [6.07, 6.45) is 1.40. The van der Waals surface area contributed by atoms with Crippen LogP contribution in [0.5, 0.6) is 5.75 Å². The molecule has 1 aromatic carbocycles. The largest absolute Gasteiger partial charge is 0.490 e. The molecule has 2 heterocycles. The molecule has 3 rings (SSSR count). The van der Waals surface area contributed by atoms with Gasteiger partial charge in [-0.3, -0.25) is 0 Å². The van der Waals surface area contributed by atoms with E-state index < -0.39 is 0 Å². The molecule has 0 saturated carbocycles. The number of aromatic nitrogens is 2. The summed E-state index contributed by atoms with van der Waals surface area (Å²) in [6.45, 7) is 0. The normalized spacial score (nSPS) is 10.6. The molecule has 6 heteroatoms. The Morgan fingerprint density at radius 2 is 2.16 bits per heavy atom. The van der Waals surface area contributed by atoms with Gasteiger partial charge in [-0.15, -0.1) is 11.3 Å². The molecular weight excluding hydrogens is 282 g/mol. The zero-order chi connectivity index (χ0) is 13.2. The third-order valence-electron chi connectivity index (χ3n) is 2.68. The Morgan fingerprint density at radius 3 is 3.00 bits per heavy atom. The molecule has 0 atom stereocenters. The lowest BCUT2D eigenvalue weighted by atomic mass is 10.2. The minimum Gasteiger partial charge on any atom is -0.490 e. The van der Waals surface area contributed by atoms with Gasteiger partial charge in [-0.2, -0.15) is 0 Å². The standard InChI is InChI=1S/C13H10ClN3OS/c1-18-11-12(14)15-7-16-13(11)17-9-2-3-10-8(6-9)4-5-19-10/h2-7H,1H3,(H,15,16,17). The van der Waals surface area contributed by atoms with Crippen LogP contribution in [0.4, 0.5) is 11.5 Å². The van der Waals surface area contributed by atoms with Gasteiger partial charge in [0.1, 0.15) is 6.33 Å². The van der Waals surface area contributed by atoms with Crippen molar-refractivity contribution in [2.75, 3.05) is 12.4 Å². The molecule has 2 aromatic heterocycles. The van der Waals surface area contributed by atoms with Crippen LogP contribution in [-0.2, 0) is 0 Å². The van der Waals surface area contributed by atoms with Crippen LogP contribution in [-0.4, -0.2) is 17.1 Å². The van der Waals surface area contributed by atoms with E-state index in [9.17, 15) is 0 Å². The fraction of sp³-hybridized carbons (Fsp3) is 0.0769. The maximum atomic E-state index is 5.96. The molecule has 0 amide bonds. The predicted octanol–water partition coefficient (Wildman–Crippen LogP) is 4.10. The number of benzene rings is 1. The van der Waals surface area contributed by atoms with E-state index >= 15 is 0 Å². The van der Waals surface area contributed by atoms with Gasteiger partial charge in [-0.05, 0) is 35.0 Å². The summed E-state index contributed by atoms with van der Waals surface area (Å²) < 4.78 is 6.45. The van der Waals surface area contributed by atoms with Crippen LogP contribution >= 0.6 is 22.9 Å². The van der Waals surface area contributed by atoms with Crippen molar-refractivity contribution in [1.82, 2.24) is 9.97 Å². The second-order valence-corrected chi connectivity index (χ2v) is 5.15. The average Bonchev–Trinajstić information content (AvgIpc) is 2.86. The van der Waals surface area contributed by atoms with Crippen molar-refractivity contribution in [3.05, 3.63) is 41.1 Å². The molecule has 0 saturated heterocycles. The summed E-state index contributed by atoms with van der Waals surface area (Å²) in [7, 11) is 1.54. The van der Waals surface area contributed by atoms with Crippen molar-refractivity contribution in [2.45, 2.75) is 0 Å². The van der Waals surface area contributed by atoms with Crippen molar-refractivity contribution in [1.29, 1.82) is 0 Å². The first-order valence-corrected chi connectivity index (χ1v) is 6.82. The van der Waals surface area contributed by atoms with Crippen LogP contribution < -0.4 is 10.1 Å². The number of nitrogens with one attached hydrogen (secondary N) is 1. The van der Waals surface area contributed by atoms with Gasteiger partial charge < -0.3 is 10.1 Å². The minimum absolute atomic E-state index is 0.289. The van der Waals surface area contributed by atoms with Gasteiger partial charge in [0.05, 0.1) is 7.11 Å². The van der Waals surface area contributed by atoms with Gasteiger partial charge in [-0.1, -0.05) is 11.6 Å². The van der Waals surface area contributed by atoms with Gasteiger partial charge in [-0.25, -0.2) is 9.97 Å². The summed E-state index contributed by atoms with van der Waals surface area (Å²) >= 11 is 7.67. The lowest BCUT2D eigenvalue weighted by Crippen LogP contribution is -1.99. The second-order valence-electron chi connectivity index (χ2n) is 3.84. The quantitative estimate of drug-likeness (QED) is 0.738. The minimum atomic E-state index is 0.289. The Bertz CT molecular complexity index is 729. The Morgan fingerprint density at radius 1 is 1.26 bits per heavy atom. The van der Waals surface area contributed by atoms with Crippen molar-refractivity contribution in [3.8, 4) is 5.75 Å². The van der Waals surface area contributed by atoms with E-state index in [1.807, 2.05) is 6.07 Å². The number of hydrogen-bond acceptors (Lipinski definition) is 5. The fourth-order valence-corrected chi connectivity index (χ4v) is 2.78.